The number of likely N-dealkylation sites (tertiary alicyclic amines) is 1. The van der Waals surface area contributed by atoms with Gasteiger partial charge in [0, 0.05) is 39.8 Å². The molecule has 1 saturated heterocycles. The fraction of sp³-hybridized carbons (Fsp3) is 0.308. The molecule has 2 aromatic carbocycles. The van der Waals surface area contributed by atoms with Crippen LogP contribution < -0.4 is 15.0 Å². The van der Waals surface area contributed by atoms with Crippen LogP contribution in [0.5, 0.6) is 5.75 Å². The fourth-order valence-electron chi connectivity index (χ4n) is 4.12. The van der Waals surface area contributed by atoms with E-state index in [-0.39, 0.29) is 12.0 Å². The number of hydrogen-bond acceptors (Lipinski definition) is 5. The van der Waals surface area contributed by atoms with E-state index < -0.39 is 0 Å². The Morgan fingerprint density at radius 1 is 1.06 bits per heavy atom. The molecule has 32 heavy (non-hydrogen) atoms. The van der Waals surface area contributed by atoms with Crippen molar-refractivity contribution in [2.75, 3.05) is 30.4 Å². The predicted molar refractivity (Wildman–Crippen MR) is 128 cm³/mol. The largest absolute Gasteiger partial charge is 0.490 e. The lowest BCUT2D eigenvalue weighted by atomic mass is 10.1. The summed E-state index contributed by atoms with van der Waals surface area (Å²) in [7, 11) is 1.82. The van der Waals surface area contributed by atoms with Gasteiger partial charge in [-0.1, -0.05) is 30.3 Å². The number of carbonyl (C=O) groups excluding carboxylic acids is 1. The van der Waals surface area contributed by atoms with Crippen molar-refractivity contribution in [2.24, 2.45) is 0 Å². The second kappa shape index (κ2) is 10.3. The maximum absolute atomic E-state index is 12.4. The van der Waals surface area contributed by atoms with Crippen LogP contribution in [0, 0.1) is 0 Å². The van der Waals surface area contributed by atoms with E-state index in [2.05, 4.69) is 45.5 Å². The normalized spacial score (nSPS) is 14.7. The van der Waals surface area contributed by atoms with Gasteiger partial charge in [-0.3, -0.25) is 14.6 Å². The van der Waals surface area contributed by atoms with Gasteiger partial charge in [0.2, 0.25) is 5.91 Å². The highest BCUT2D eigenvalue weighted by Crippen LogP contribution is 2.31. The van der Waals surface area contributed by atoms with Crippen LogP contribution in [0.25, 0.3) is 0 Å². The summed E-state index contributed by atoms with van der Waals surface area (Å²) in [5.74, 6) is 1.32. The zero-order valence-corrected chi connectivity index (χ0v) is 18.7. The van der Waals surface area contributed by atoms with Crippen molar-refractivity contribution in [3.63, 3.8) is 0 Å². The molecule has 2 heterocycles. The van der Waals surface area contributed by atoms with Crippen LogP contribution in [0.1, 0.15) is 25.3 Å². The average molecular weight is 431 g/mol. The Labute approximate surface area is 189 Å². The molecule has 1 aromatic heterocycles. The molecule has 6 nitrogen and oxygen atoms in total. The van der Waals surface area contributed by atoms with Crippen LogP contribution in [-0.4, -0.2) is 42.0 Å². The van der Waals surface area contributed by atoms with E-state index in [1.807, 2.05) is 43.4 Å². The summed E-state index contributed by atoms with van der Waals surface area (Å²) in [4.78, 5) is 20.9. The van der Waals surface area contributed by atoms with Gasteiger partial charge in [0.05, 0.1) is 11.4 Å². The molecular weight excluding hydrogens is 400 g/mol. The number of anilines is 3. The number of amides is 1. The van der Waals surface area contributed by atoms with E-state index in [0.29, 0.717) is 5.82 Å². The van der Waals surface area contributed by atoms with Gasteiger partial charge in [0.1, 0.15) is 11.9 Å². The molecule has 6 heteroatoms. The molecule has 4 rings (SSSR count). The van der Waals surface area contributed by atoms with Crippen LogP contribution in [0.4, 0.5) is 17.2 Å². The molecule has 1 N–H and O–H groups in total. The van der Waals surface area contributed by atoms with Crippen LogP contribution in [0.2, 0.25) is 0 Å². The number of pyridine rings is 1. The molecule has 1 fully saturated rings. The number of rotatable bonds is 7. The first kappa shape index (κ1) is 21.8. The molecule has 0 aliphatic carbocycles. The number of hydrogen-bond donors (Lipinski definition) is 1. The Morgan fingerprint density at radius 3 is 2.44 bits per heavy atom. The van der Waals surface area contributed by atoms with E-state index in [0.717, 1.165) is 49.6 Å². The van der Waals surface area contributed by atoms with Crippen molar-refractivity contribution < 1.29 is 9.53 Å². The number of benzene rings is 2. The molecule has 1 aliphatic heterocycles. The average Bonchev–Trinajstić information content (AvgIpc) is 2.82. The summed E-state index contributed by atoms with van der Waals surface area (Å²) in [6, 6.07) is 22.0. The summed E-state index contributed by atoms with van der Waals surface area (Å²) in [6.07, 6.45) is 3.91. The molecule has 0 unspecified atom stereocenters. The number of nitrogens with one attached hydrogen (secondary N) is 1. The van der Waals surface area contributed by atoms with E-state index in [4.69, 9.17) is 4.74 Å². The maximum atomic E-state index is 12.4. The number of piperidine rings is 1. The monoisotopic (exact) mass is 430 g/mol. The van der Waals surface area contributed by atoms with Crippen molar-refractivity contribution in [2.45, 2.75) is 32.4 Å². The predicted octanol–water partition coefficient (Wildman–Crippen LogP) is 4.85. The molecule has 0 radical (unpaired) electrons. The minimum absolute atomic E-state index is 0.0975. The van der Waals surface area contributed by atoms with E-state index in [1.54, 1.807) is 18.0 Å². The Kier molecular flexibility index (Phi) is 7.02. The van der Waals surface area contributed by atoms with E-state index >= 15 is 0 Å². The first-order chi connectivity index (χ1) is 15.6. The Morgan fingerprint density at radius 2 is 1.78 bits per heavy atom. The first-order valence-electron chi connectivity index (χ1n) is 11.1. The lowest BCUT2D eigenvalue weighted by molar-refractivity contribution is -0.115. The Hall–Kier alpha value is -3.38. The second-order valence-corrected chi connectivity index (χ2v) is 8.05. The van der Waals surface area contributed by atoms with Crippen LogP contribution in [0.15, 0.2) is 72.9 Å². The summed E-state index contributed by atoms with van der Waals surface area (Å²) in [5.41, 5.74) is 2.91. The standard InChI is InChI=1S/C26H30N4O2/c1-20(31)30(26-25(27-2)9-6-16-28-26)22-10-12-23(13-11-22)32-24-14-17-29(18-15-24)19-21-7-4-3-5-8-21/h3-13,16,24,27H,14-15,17-19H2,1-2H3. The summed E-state index contributed by atoms with van der Waals surface area (Å²) in [6.45, 7) is 4.59. The van der Waals surface area contributed by atoms with Crippen molar-refractivity contribution in [3.8, 4) is 5.75 Å². The van der Waals surface area contributed by atoms with Crippen molar-refractivity contribution in [3.05, 3.63) is 78.5 Å². The molecular formula is C26H30N4O2. The molecule has 1 aliphatic rings. The maximum Gasteiger partial charge on any atom is 0.229 e. The SMILES string of the molecule is CNc1cccnc1N(C(C)=O)c1ccc(OC2CCN(Cc3ccccc3)CC2)cc1. The van der Waals surface area contributed by atoms with Crippen LogP contribution in [-0.2, 0) is 11.3 Å². The number of nitrogens with zero attached hydrogens (tertiary/aromatic N) is 3. The topological polar surface area (TPSA) is 57.7 Å². The van der Waals surface area contributed by atoms with Crippen LogP contribution >= 0.6 is 0 Å². The zero-order chi connectivity index (χ0) is 22.3. The lowest BCUT2D eigenvalue weighted by Gasteiger charge is -2.32. The number of carbonyl (C=O) groups is 1. The zero-order valence-electron chi connectivity index (χ0n) is 18.7. The summed E-state index contributed by atoms with van der Waals surface area (Å²) in [5, 5.41) is 3.10. The summed E-state index contributed by atoms with van der Waals surface area (Å²) >= 11 is 0. The molecule has 3 aromatic rings. The highest BCUT2D eigenvalue weighted by Gasteiger charge is 2.22. The molecule has 166 valence electrons. The van der Waals surface area contributed by atoms with Gasteiger partial charge in [-0.05, 0) is 54.8 Å². The molecule has 1 amide bonds. The van der Waals surface area contributed by atoms with E-state index in [1.165, 1.54) is 5.56 Å². The lowest BCUT2D eigenvalue weighted by Crippen LogP contribution is -2.37. The first-order valence-corrected chi connectivity index (χ1v) is 11.1. The van der Waals surface area contributed by atoms with Gasteiger partial charge in [0.25, 0.3) is 0 Å². The highest BCUT2D eigenvalue weighted by atomic mass is 16.5. The molecule has 0 atom stereocenters. The van der Waals surface area contributed by atoms with Gasteiger partial charge in [-0.2, -0.15) is 0 Å². The van der Waals surface area contributed by atoms with Gasteiger partial charge in [-0.25, -0.2) is 4.98 Å². The van der Waals surface area contributed by atoms with Crippen molar-refractivity contribution in [1.82, 2.24) is 9.88 Å². The van der Waals surface area contributed by atoms with E-state index in [9.17, 15) is 4.79 Å². The fourth-order valence-corrected chi connectivity index (χ4v) is 4.12. The third-order valence-corrected chi connectivity index (χ3v) is 5.76. The number of ether oxygens (including phenoxy) is 1. The quantitative estimate of drug-likeness (QED) is 0.581. The van der Waals surface area contributed by atoms with Crippen LogP contribution in [0.3, 0.4) is 0 Å². The third-order valence-electron chi connectivity index (χ3n) is 5.76. The highest BCUT2D eigenvalue weighted by molar-refractivity contribution is 6.00. The third kappa shape index (κ3) is 5.26. The van der Waals surface area contributed by atoms with Gasteiger partial charge in [-0.15, -0.1) is 0 Å². The molecule has 0 bridgehead atoms. The summed E-state index contributed by atoms with van der Waals surface area (Å²) < 4.78 is 6.24. The smallest absolute Gasteiger partial charge is 0.229 e. The Bertz CT molecular complexity index is 1020. The molecule has 0 spiro atoms. The van der Waals surface area contributed by atoms with Crippen molar-refractivity contribution in [1.29, 1.82) is 0 Å². The minimum atomic E-state index is -0.0975. The van der Waals surface area contributed by atoms with Gasteiger partial charge < -0.3 is 10.1 Å². The van der Waals surface area contributed by atoms with Gasteiger partial charge in [0.15, 0.2) is 5.82 Å². The minimum Gasteiger partial charge on any atom is -0.490 e. The van der Waals surface area contributed by atoms with Gasteiger partial charge >= 0.3 is 0 Å². The number of aromatic nitrogens is 1. The Balaban J connectivity index is 1.37. The van der Waals surface area contributed by atoms with Crippen molar-refractivity contribution >= 4 is 23.1 Å². The second-order valence-electron chi connectivity index (χ2n) is 8.05. The molecule has 0 saturated carbocycles.